The Hall–Kier alpha value is -2.57. The molecule has 0 unspecified atom stereocenters. The Morgan fingerprint density at radius 3 is 2.14 bits per heavy atom. The van der Waals surface area contributed by atoms with Gasteiger partial charge in [0.1, 0.15) is 12.4 Å². The van der Waals surface area contributed by atoms with Gasteiger partial charge in [-0.3, -0.25) is 9.59 Å². The molecule has 1 aliphatic heterocycles. The molecule has 0 spiro atoms. The second kappa shape index (κ2) is 10.7. The monoisotopic (exact) mass is 403 g/mol. The van der Waals surface area contributed by atoms with Crippen LogP contribution < -0.4 is 10.1 Å². The smallest absolute Gasteiger partial charge is 0.253 e. The molecule has 1 aliphatic rings. The van der Waals surface area contributed by atoms with Crippen molar-refractivity contribution in [3.05, 3.63) is 65.7 Å². The molecule has 3 rings (SSSR count). The molecule has 28 heavy (non-hydrogen) atoms. The van der Waals surface area contributed by atoms with Crippen molar-refractivity contribution < 1.29 is 14.3 Å². The van der Waals surface area contributed by atoms with Crippen LogP contribution in [0.3, 0.4) is 0 Å². The first-order chi connectivity index (χ1) is 13.2. The van der Waals surface area contributed by atoms with Crippen LogP contribution in [0.15, 0.2) is 54.6 Å². The third-order valence-electron chi connectivity index (χ3n) is 4.60. The van der Waals surface area contributed by atoms with E-state index in [4.69, 9.17) is 4.74 Å². The molecule has 1 saturated heterocycles. The molecule has 0 bridgehead atoms. The number of carbonyl (C=O) groups is 2. The second-order valence-corrected chi connectivity index (χ2v) is 6.50. The molecule has 7 heteroatoms. The highest BCUT2D eigenvalue weighted by Gasteiger charge is 2.24. The van der Waals surface area contributed by atoms with Gasteiger partial charge in [-0.15, -0.1) is 12.4 Å². The van der Waals surface area contributed by atoms with E-state index in [0.717, 1.165) is 11.3 Å². The summed E-state index contributed by atoms with van der Waals surface area (Å²) in [5, 5.41) is 2.87. The molecule has 0 saturated carbocycles. The molecule has 1 heterocycles. The van der Waals surface area contributed by atoms with Crippen LogP contribution in [0.25, 0.3) is 0 Å². The van der Waals surface area contributed by atoms with E-state index in [1.165, 1.54) is 0 Å². The Labute approximate surface area is 171 Å². The van der Waals surface area contributed by atoms with Gasteiger partial charge >= 0.3 is 0 Å². The van der Waals surface area contributed by atoms with Gasteiger partial charge in [0.2, 0.25) is 5.91 Å². The van der Waals surface area contributed by atoms with Gasteiger partial charge in [0, 0.05) is 31.7 Å². The van der Waals surface area contributed by atoms with Gasteiger partial charge in [-0.05, 0) is 36.9 Å². The molecule has 1 N–H and O–H groups in total. The zero-order valence-electron chi connectivity index (χ0n) is 16.0. The summed E-state index contributed by atoms with van der Waals surface area (Å²) in [6, 6.07) is 17.2. The summed E-state index contributed by atoms with van der Waals surface area (Å²) in [6.07, 6.45) is 0. The molecule has 0 radical (unpaired) electrons. The standard InChI is InChI=1S/C21H25N3O3.ClH/c1-22-15-20(25)23-11-13-24(14-12-23)21(26)18-7-9-19(10-8-18)27-16-17-5-3-2-4-6-17;/h2-10,22H,11-16H2,1H3;1H. The van der Waals surface area contributed by atoms with Crippen molar-refractivity contribution in [2.45, 2.75) is 6.61 Å². The number of nitrogens with zero attached hydrogens (tertiary/aromatic N) is 2. The molecule has 6 nitrogen and oxygen atoms in total. The van der Waals surface area contributed by atoms with Gasteiger partial charge in [0.15, 0.2) is 0 Å². The second-order valence-electron chi connectivity index (χ2n) is 6.50. The largest absolute Gasteiger partial charge is 0.489 e. The van der Waals surface area contributed by atoms with Crippen LogP contribution in [-0.2, 0) is 11.4 Å². The number of likely N-dealkylation sites (N-methyl/N-ethyl adjacent to an activating group) is 1. The zero-order chi connectivity index (χ0) is 19.1. The summed E-state index contributed by atoms with van der Waals surface area (Å²) in [4.78, 5) is 28.1. The molecule has 2 aromatic rings. The van der Waals surface area contributed by atoms with E-state index in [0.29, 0.717) is 44.9 Å². The molecular weight excluding hydrogens is 378 g/mol. The van der Waals surface area contributed by atoms with Crippen molar-refractivity contribution in [3.8, 4) is 5.75 Å². The Morgan fingerprint density at radius 1 is 0.929 bits per heavy atom. The van der Waals surface area contributed by atoms with Crippen LogP contribution in [0.4, 0.5) is 0 Å². The first-order valence-electron chi connectivity index (χ1n) is 9.16. The SMILES string of the molecule is CNCC(=O)N1CCN(C(=O)c2ccc(OCc3ccccc3)cc2)CC1.Cl. The minimum absolute atomic E-state index is 0. The number of hydrogen-bond donors (Lipinski definition) is 1. The minimum atomic E-state index is -0.00896. The predicted octanol–water partition coefficient (Wildman–Crippen LogP) is 2.19. The normalized spacial score (nSPS) is 13.6. The zero-order valence-corrected chi connectivity index (χ0v) is 16.8. The van der Waals surface area contributed by atoms with Gasteiger partial charge in [-0.2, -0.15) is 0 Å². The van der Waals surface area contributed by atoms with Crippen molar-refractivity contribution in [2.24, 2.45) is 0 Å². The molecule has 0 aromatic heterocycles. The third-order valence-corrected chi connectivity index (χ3v) is 4.60. The Balaban J connectivity index is 0.00000280. The first-order valence-corrected chi connectivity index (χ1v) is 9.16. The minimum Gasteiger partial charge on any atom is -0.489 e. The topological polar surface area (TPSA) is 61.9 Å². The van der Waals surface area contributed by atoms with Crippen LogP contribution in [0, 0.1) is 0 Å². The van der Waals surface area contributed by atoms with Gasteiger partial charge in [0.25, 0.3) is 5.91 Å². The van der Waals surface area contributed by atoms with Crippen LogP contribution in [0.5, 0.6) is 5.75 Å². The van der Waals surface area contributed by atoms with Gasteiger partial charge in [0.05, 0.1) is 6.54 Å². The highest BCUT2D eigenvalue weighted by atomic mass is 35.5. The molecule has 1 fully saturated rings. The van der Waals surface area contributed by atoms with Gasteiger partial charge in [-0.1, -0.05) is 30.3 Å². The van der Waals surface area contributed by atoms with E-state index in [2.05, 4.69) is 5.32 Å². The lowest BCUT2D eigenvalue weighted by molar-refractivity contribution is -0.131. The molecule has 150 valence electrons. The highest BCUT2D eigenvalue weighted by Crippen LogP contribution is 2.16. The summed E-state index contributed by atoms with van der Waals surface area (Å²) in [5.74, 6) is 0.799. The Kier molecular flexibility index (Phi) is 8.29. The van der Waals surface area contributed by atoms with E-state index in [9.17, 15) is 9.59 Å². The van der Waals surface area contributed by atoms with E-state index >= 15 is 0 Å². The van der Waals surface area contributed by atoms with Crippen LogP contribution in [0.1, 0.15) is 15.9 Å². The van der Waals surface area contributed by atoms with Crippen molar-refractivity contribution in [1.29, 1.82) is 0 Å². The number of hydrogen-bond acceptors (Lipinski definition) is 4. The maximum atomic E-state index is 12.7. The number of ether oxygens (including phenoxy) is 1. The number of amides is 2. The number of nitrogens with one attached hydrogen (secondary N) is 1. The first kappa shape index (κ1) is 21.7. The Morgan fingerprint density at radius 2 is 1.54 bits per heavy atom. The van der Waals surface area contributed by atoms with Crippen molar-refractivity contribution in [1.82, 2.24) is 15.1 Å². The summed E-state index contributed by atoms with van der Waals surface area (Å²) in [5.41, 5.74) is 1.74. The lowest BCUT2D eigenvalue weighted by Gasteiger charge is -2.34. The third kappa shape index (κ3) is 5.71. The molecular formula is C21H26ClN3O3. The fourth-order valence-electron chi connectivity index (χ4n) is 3.04. The number of piperazine rings is 1. The number of benzene rings is 2. The van der Waals surface area contributed by atoms with Crippen LogP contribution >= 0.6 is 12.4 Å². The lowest BCUT2D eigenvalue weighted by Crippen LogP contribution is -2.52. The van der Waals surface area contributed by atoms with Crippen molar-refractivity contribution >= 4 is 24.2 Å². The number of rotatable bonds is 6. The van der Waals surface area contributed by atoms with Crippen LogP contribution in [0.2, 0.25) is 0 Å². The maximum Gasteiger partial charge on any atom is 0.253 e. The number of carbonyl (C=O) groups excluding carboxylic acids is 2. The van der Waals surface area contributed by atoms with E-state index in [1.54, 1.807) is 29.0 Å². The summed E-state index contributed by atoms with van der Waals surface area (Å²) in [7, 11) is 1.75. The van der Waals surface area contributed by atoms with Gasteiger partial charge in [-0.25, -0.2) is 0 Å². The van der Waals surface area contributed by atoms with Crippen molar-refractivity contribution in [3.63, 3.8) is 0 Å². The van der Waals surface area contributed by atoms with Crippen molar-refractivity contribution in [2.75, 3.05) is 39.8 Å². The molecule has 2 aromatic carbocycles. The lowest BCUT2D eigenvalue weighted by atomic mass is 10.1. The summed E-state index contributed by atoms with van der Waals surface area (Å²) >= 11 is 0. The van der Waals surface area contributed by atoms with Gasteiger partial charge < -0.3 is 19.9 Å². The highest BCUT2D eigenvalue weighted by molar-refractivity contribution is 5.94. The van der Waals surface area contributed by atoms with E-state index < -0.39 is 0 Å². The average molecular weight is 404 g/mol. The predicted molar refractivity (Wildman–Crippen MR) is 111 cm³/mol. The molecule has 0 aliphatic carbocycles. The fraction of sp³-hybridized carbons (Fsp3) is 0.333. The summed E-state index contributed by atoms with van der Waals surface area (Å²) < 4.78 is 5.76. The average Bonchev–Trinajstić information content (AvgIpc) is 2.73. The molecule has 0 atom stereocenters. The number of halogens is 1. The fourth-order valence-corrected chi connectivity index (χ4v) is 3.04. The summed E-state index contributed by atoms with van der Waals surface area (Å²) in [6.45, 7) is 3.09. The molecule has 2 amide bonds. The quantitative estimate of drug-likeness (QED) is 0.803. The van der Waals surface area contributed by atoms with E-state index in [1.807, 2.05) is 42.5 Å². The Bertz CT molecular complexity index is 760. The van der Waals surface area contributed by atoms with E-state index in [-0.39, 0.29) is 24.2 Å². The maximum absolute atomic E-state index is 12.7. The van der Waals surface area contributed by atoms with Crippen LogP contribution in [-0.4, -0.2) is 61.4 Å².